The minimum absolute atomic E-state index is 0.0812. The zero-order valence-corrected chi connectivity index (χ0v) is 14.7. The molecule has 1 unspecified atom stereocenters. The standard InChI is InChI=1S/C18H22F3N3O/c1-11(2)14-5-7-15(8-6-14)22-17(25)12(3)10-24-13(4)9-16(23-24)18(19,20)21/h5-9,11-12H,10H2,1-4H3,(H,22,25). The van der Waals surface area contributed by atoms with Crippen LogP contribution in [0.15, 0.2) is 30.3 Å². The fourth-order valence-electron chi connectivity index (χ4n) is 2.39. The van der Waals surface area contributed by atoms with Crippen LogP contribution in [0.3, 0.4) is 0 Å². The summed E-state index contributed by atoms with van der Waals surface area (Å²) in [4.78, 5) is 12.3. The number of hydrogen-bond donors (Lipinski definition) is 1. The van der Waals surface area contributed by atoms with Crippen LogP contribution in [0.2, 0.25) is 0 Å². The lowest BCUT2D eigenvalue weighted by molar-refractivity contribution is -0.141. The largest absolute Gasteiger partial charge is 0.435 e. The van der Waals surface area contributed by atoms with E-state index in [2.05, 4.69) is 24.3 Å². The molecule has 1 heterocycles. The number of amides is 1. The van der Waals surface area contributed by atoms with E-state index in [1.54, 1.807) is 6.92 Å². The molecule has 4 nitrogen and oxygen atoms in total. The van der Waals surface area contributed by atoms with Gasteiger partial charge in [-0.15, -0.1) is 0 Å². The molecule has 0 aliphatic heterocycles. The van der Waals surface area contributed by atoms with Crippen molar-refractivity contribution >= 4 is 11.6 Å². The lowest BCUT2D eigenvalue weighted by Crippen LogP contribution is -2.25. The summed E-state index contributed by atoms with van der Waals surface area (Å²) in [5, 5.41) is 6.34. The summed E-state index contributed by atoms with van der Waals surface area (Å²) in [6.07, 6.45) is -4.49. The Balaban J connectivity index is 2.02. The van der Waals surface area contributed by atoms with Gasteiger partial charge in [-0.3, -0.25) is 9.48 Å². The van der Waals surface area contributed by atoms with Crippen LogP contribution in [-0.4, -0.2) is 15.7 Å². The zero-order chi connectivity index (χ0) is 18.8. The second-order valence-corrected chi connectivity index (χ2v) is 6.52. The van der Waals surface area contributed by atoms with E-state index in [1.165, 1.54) is 11.6 Å². The molecule has 0 spiro atoms. The highest BCUT2D eigenvalue weighted by Gasteiger charge is 2.34. The topological polar surface area (TPSA) is 46.9 Å². The van der Waals surface area contributed by atoms with Gasteiger partial charge in [-0.2, -0.15) is 18.3 Å². The zero-order valence-electron chi connectivity index (χ0n) is 14.7. The first kappa shape index (κ1) is 19.0. The number of halogens is 3. The number of hydrogen-bond acceptors (Lipinski definition) is 2. The van der Waals surface area contributed by atoms with Crippen molar-refractivity contribution in [2.24, 2.45) is 5.92 Å². The van der Waals surface area contributed by atoms with Crippen molar-refractivity contribution in [1.29, 1.82) is 0 Å². The molecule has 136 valence electrons. The van der Waals surface area contributed by atoms with Crippen LogP contribution in [0.5, 0.6) is 0 Å². The Kier molecular flexibility index (Phi) is 5.55. The van der Waals surface area contributed by atoms with Gasteiger partial charge in [-0.05, 0) is 36.6 Å². The molecule has 0 aliphatic carbocycles. The van der Waals surface area contributed by atoms with Crippen molar-refractivity contribution in [3.05, 3.63) is 47.3 Å². The van der Waals surface area contributed by atoms with Gasteiger partial charge in [0, 0.05) is 11.4 Å². The predicted octanol–water partition coefficient (Wildman–Crippen LogP) is 4.61. The van der Waals surface area contributed by atoms with Gasteiger partial charge in [0.15, 0.2) is 5.69 Å². The summed E-state index contributed by atoms with van der Waals surface area (Å²) in [6, 6.07) is 8.51. The average molecular weight is 353 g/mol. The summed E-state index contributed by atoms with van der Waals surface area (Å²) < 4.78 is 39.3. The number of aromatic nitrogens is 2. The quantitative estimate of drug-likeness (QED) is 0.853. The van der Waals surface area contributed by atoms with E-state index in [0.717, 1.165) is 11.6 Å². The molecule has 2 aromatic rings. The highest BCUT2D eigenvalue weighted by atomic mass is 19.4. The van der Waals surface area contributed by atoms with Crippen LogP contribution in [0, 0.1) is 12.8 Å². The molecule has 0 saturated heterocycles. The van der Waals surface area contributed by atoms with E-state index in [9.17, 15) is 18.0 Å². The number of alkyl halides is 3. The van der Waals surface area contributed by atoms with Crippen molar-refractivity contribution in [1.82, 2.24) is 9.78 Å². The Morgan fingerprint density at radius 1 is 1.20 bits per heavy atom. The van der Waals surface area contributed by atoms with Gasteiger partial charge in [-0.1, -0.05) is 32.9 Å². The van der Waals surface area contributed by atoms with E-state index in [-0.39, 0.29) is 12.5 Å². The van der Waals surface area contributed by atoms with Crippen molar-refractivity contribution < 1.29 is 18.0 Å². The van der Waals surface area contributed by atoms with Crippen LogP contribution < -0.4 is 5.32 Å². The number of benzene rings is 1. The molecule has 0 radical (unpaired) electrons. The summed E-state index contributed by atoms with van der Waals surface area (Å²) in [5.41, 5.74) is 1.25. The smallest absolute Gasteiger partial charge is 0.326 e. The van der Waals surface area contributed by atoms with Crippen LogP contribution in [0.4, 0.5) is 18.9 Å². The van der Waals surface area contributed by atoms with Gasteiger partial charge in [0.1, 0.15) is 0 Å². The van der Waals surface area contributed by atoms with Gasteiger partial charge in [0.25, 0.3) is 0 Å². The minimum Gasteiger partial charge on any atom is -0.326 e. The normalized spacial score (nSPS) is 13.1. The van der Waals surface area contributed by atoms with E-state index in [4.69, 9.17) is 0 Å². The van der Waals surface area contributed by atoms with Crippen molar-refractivity contribution in [3.8, 4) is 0 Å². The van der Waals surface area contributed by atoms with Gasteiger partial charge in [0.05, 0.1) is 12.5 Å². The number of anilines is 1. The van der Waals surface area contributed by atoms with Crippen LogP contribution in [-0.2, 0) is 17.5 Å². The third-order valence-electron chi connectivity index (χ3n) is 4.01. The lowest BCUT2D eigenvalue weighted by Gasteiger charge is -2.14. The molecule has 0 saturated carbocycles. The maximum Gasteiger partial charge on any atom is 0.435 e. The predicted molar refractivity (Wildman–Crippen MR) is 90.3 cm³/mol. The Morgan fingerprint density at radius 2 is 1.80 bits per heavy atom. The molecule has 1 N–H and O–H groups in total. The summed E-state index contributed by atoms with van der Waals surface area (Å²) in [6.45, 7) is 7.44. The maximum atomic E-state index is 12.7. The Labute approximate surface area is 145 Å². The first-order valence-electron chi connectivity index (χ1n) is 8.10. The number of aryl methyl sites for hydroxylation is 1. The molecular formula is C18H22F3N3O. The van der Waals surface area contributed by atoms with Gasteiger partial charge in [-0.25, -0.2) is 0 Å². The van der Waals surface area contributed by atoms with Gasteiger partial charge >= 0.3 is 6.18 Å². The SMILES string of the molecule is Cc1cc(C(F)(F)F)nn1CC(C)C(=O)Nc1ccc(C(C)C)cc1. The fraction of sp³-hybridized carbons (Fsp3) is 0.444. The highest BCUT2D eigenvalue weighted by molar-refractivity contribution is 5.92. The summed E-state index contributed by atoms with van der Waals surface area (Å²) >= 11 is 0. The molecule has 1 aromatic heterocycles. The number of carbonyl (C=O) groups is 1. The molecule has 1 atom stereocenters. The van der Waals surface area contributed by atoms with Gasteiger partial charge < -0.3 is 5.32 Å². The summed E-state index contributed by atoms with van der Waals surface area (Å²) in [7, 11) is 0. The first-order valence-corrected chi connectivity index (χ1v) is 8.10. The lowest BCUT2D eigenvalue weighted by atomic mass is 10.0. The molecule has 0 aliphatic rings. The Hall–Kier alpha value is -2.31. The van der Waals surface area contributed by atoms with Gasteiger partial charge in [0.2, 0.25) is 5.91 Å². The highest BCUT2D eigenvalue weighted by Crippen LogP contribution is 2.28. The van der Waals surface area contributed by atoms with Crippen molar-refractivity contribution in [3.63, 3.8) is 0 Å². The summed E-state index contributed by atoms with van der Waals surface area (Å²) in [5.74, 6) is -0.389. The maximum absolute atomic E-state index is 12.7. The number of nitrogens with one attached hydrogen (secondary N) is 1. The van der Waals surface area contributed by atoms with E-state index < -0.39 is 17.8 Å². The van der Waals surface area contributed by atoms with E-state index in [1.807, 2.05) is 24.3 Å². The third-order valence-corrected chi connectivity index (χ3v) is 4.01. The third kappa shape index (κ3) is 4.84. The molecule has 0 fully saturated rings. The van der Waals surface area contributed by atoms with Crippen LogP contribution >= 0.6 is 0 Å². The second-order valence-electron chi connectivity index (χ2n) is 6.52. The van der Waals surface area contributed by atoms with Crippen LogP contribution in [0.1, 0.15) is 43.6 Å². The van der Waals surface area contributed by atoms with E-state index >= 15 is 0 Å². The van der Waals surface area contributed by atoms with E-state index in [0.29, 0.717) is 17.3 Å². The second kappa shape index (κ2) is 7.29. The molecule has 2 rings (SSSR count). The Morgan fingerprint density at radius 3 is 2.28 bits per heavy atom. The molecular weight excluding hydrogens is 331 g/mol. The van der Waals surface area contributed by atoms with Crippen molar-refractivity contribution in [2.45, 2.75) is 46.3 Å². The number of nitrogens with zero attached hydrogens (tertiary/aromatic N) is 2. The Bertz CT molecular complexity index is 733. The van der Waals surface area contributed by atoms with Crippen molar-refractivity contribution in [2.75, 3.05) is 5.32 Å². The molecule has 1 aromatic carbocycles. The molecule has 0 bridgehead atoms. The van der Waals surface area contributed by atoms with Crippen LogP contribution in [0.25, 0.3) is 0 Å². The molecule has 7 heteroatoms. The average Bonchev–Trinajstić information content (AvgIpc) is 2.89. The first-order chi connectivity index (χ1) is 11.6. The monoisotopic (exact) mass is 353 g/mol. The number of carbonyl (C=O) groups excluding carboxylic acids is 1. The molecule has 25 heavy (non-hydrogen) atoms. The number of rotatable bonds is 5. The fourth-order valence-corrected chi connectivity index (χ4v) is 2.39. The minimum atomic E-state index is -4.49. The molecule has 1 amide bonds.